The van der Waals surface area contributed by atoms with Gasteiger partial charge in [0, 0.05) is 0 Å². The second kappa shape index (κ2) is 7.05. The van der Waals surface area contributed by atoms with Crippen molar-refractivity contribution >= 4 is 11.9 Å². The van der Waals surface area contributed by atoms with Crippen molar-refractivity contribution in [3.63, 3.8) is 0 Å². The third-order valence-electron chi connectivity index (χ3n) is 4.08. The van der Waals surface area contributed by atoms with E-state index in [2.05, 4.69) is 53.3 Å². The molecule has 1 heterocycles. The topological polar surface area (TPSA) is 43.4 Å². The largest absolute Gasteiger partial charge is 0.392 e. The molecule has 1 saturated heterocycles. The van der Waals surface area contributed by atoms with E-state index in [1.54, 1.807) is 6.08 Å². The van der Waals surface area contributed by atoms with Crippen LogP contribution in [0.2, 0.25) is 0 Å². The summed E-state index contributed by atoms with van der Waals surface area (Å²) in [6, 6.07) is 20.8. The van der Waals surface area contributed by atoms with Gasteiger partial charge in [0.2, 0.25) is 0 Å². The number of carbonyl (C=O) groups excluding carboxylic acids is 2. The average molecular weight is 306 g/mol. The van der Waals surface area contributed by atoms with Gasteiger partial charge in [-0.25, -0.2) is 0 Å². The van der Waals surface area contributed by atoms with Crippen molar-refractivity contribution in [3.8, 4) is 11.1 Å². The standard InChI is InChI=1S/C12H10.C8H8O3/c1-3-7-11(8-4-1)12-9-5-2-6-10-12;9-7-5-3-1-2-4-6(5)8(10)11-7/h1-10H;1,3,5-6H,2,4H2. The van der Waals surface area contributed by atoms with Crippen molar-refractivity contribution in [1.29, 1.82) is 0 Å². The van der Waals surface area contributed by atoms with Gasteiger partial charge in [0.25, 0.3) is 0 Å². The van der Waals surface area contributed by atoms with Crippen molar-refractivity contribution in [2.45, 2.75) is 12.8 Å². The summed E-state index contributed by atoms with van der Waals surface area (Å²) in [6.45, 7) is 0. The molecule has 2 aromatic carbocycles. The Balaban J connectivity index is 0.000000136. The van der Waals surface area contributed by atoms with E-state index in [1.807, 2.05) is 18.2 Å². The predicted molar refractivity (Wildman–Crippen MR) is 88.3 cm³/mol. The summed E-state index contributed by atoms with van der Waals surface area (Å²) < 4.78 is 4.48. The Bertz CT molecular complexity index is 667. The van der Waals surface area contributed by atoms with E-state index < -0.39 is 0 Å². The lowest BCUT2D eigenvalue weighted by Gasteiger charge is -2.12. The number of allylic oxidation sites excluding steroid dienone is 1. The van der Waals surface area contributed by atoms with Gasteiger partial charge in [-0.2, -0.15) is 0 Å². The van der Waals surface area contributed by atoms with Gasteiger partial charge in [-0.3, -0.25) is 9.59 Å². The van der Waals surface area contributed by atoms with Crippen molar-refractivity contribution in [2.75, 3.05) is 0 Å². The van der Waals surface area contributed by atoms with Crippen LogP contribution in [0.4, 0.5) is 0 Å². The van der Waals surface area contributed by atoms with Crippen LogP contribution < -0.4 is 0 Å². The van der Waals surface area contributed by atoms with Crippen LogP contribution in [0.5, 0.6) is 0 Å². The van der Waals surface area contributed by atoms with Crippen LogP contribution in [0.25, 0.3) is 11.1 Å². The molecule has 1 aliphatic heterocycles. The highest BCUT2D eigenvalue weighted by molar-refractivity contribution is 5.97. The first kappa shape index (κ1) is 15.2. The Morgan fingerprint density at radius 3 is 1.87 bits per heavy atom. The lowest BCUT2D eigenvalue weighted by atomic mass is 9.86. The minimum atomic E-state index is -0.379. The van der Waals surface area contributed by atoms with Gasteiger partial charge in [0.1, 0.15) is 0 Å². The molecule has 0 N–H and O–H groups in total. The van der Waals surface area contributed by atoms with Gasteiger partial charge < -0.3 is 4.74 Å². The summed E-state index contributed by atoms with van der Waals surface area (Å²) >= 11 is 0. The van der Waals surface area contributed by atoms with E-state index in [-0.39, 0.29) is 23.8 Å². The first-order valence-electron chi connectivity index (χ1n) is 7.78. The number of carbonyl (C=O) groups is 2. The van der Waals surface area contributed by atoms with E-state index in [4.69, 9.17) is 0 Å². The van der Waals surface area contributed by atoms with E-state index in [0.29, 0.717) is 0 Å². The number of esters is 2. The van der Waals surface area contributed by atoms with Gasteiger partial charge in [-0.05, 0) is 24.0 Å². The average Bonchev–Trinajstić information content (AvgIpc) is 2.92. The Hall–Kier alpha value is -2.68. The molecule has 3 nitrogen and oxygen atoms in total. The number of cyclic esters (lactones) is 2. The smallest absolute Gasteiger partial charge is 0.321 e. The van der Waals surface area contributed by atoms with Crippen molar-refractivity contribution in [3.05, 3.63) is 72.8 Å². The van der Waals surface area contributed by atoms with Crippen LogP contribution in [0, 0.1) is 11.8 Å². The highest BCUT2D eigenvalue weighted by Crippen LogP contribution is 2.32. The van der Waals surface area contributed by atoms with Gasteiger partial charge in [0.15, 0.2) is 0 Å². The molecule has 23 heavy (non-hydrogen) atoms. The fourth-order valence-corrected chi connectivity index (χ4v) is 2.84. The highest BCUT2D eigenvalue weighted by atomic mass is 16.6. The van der Waals surface area contributed by atoms with Gasteiger partial charge >= 0.3 is 11.9 Å². The summed E-state index contributed by atoms with van der Waals surface area (Å²) in [7, 11) is 0. The zero-order chi connectivity index (χ0) is 16.1. The van der Waals surface area contributed by atoms with E-state index in [0.717, 1.165) is 12.8 Å². The molecular formula is C20H18O3. The highest BCUT2D eigenvalue weighted by Gasteiger charge is 2.43. The number of rotatable bonds is 1. The molecule has 2 atom stereocenters. The molecule has 2 unspecified atom stereocenters. The molecule has 0 saturated carbocycles. The molecule has 3 heteroatoms. The zero-order valence-electron chi connectivity index (χ0n) is 12.7. The maximum Gasteiger partial charge on any atom is 0.321 e. The molecule has 0 aromatic heterocycles. The van der Waals surface area contributed by atoms with Crippen LogP contribution in [-0.4, -0.2) is 11.9 Å². The third kappa shape index (κ3) is 3.57. The van der Waals surface area contributed by atoms with Gasteiger partial charge in [0.05, 0.1) is 11.8 Å². The second-order valence-corrected chi connectivity index (χ2v) is 5.61. The minimum Gasteiger partial charge on any atom is -0.392 e. The predicted octanol–water partition coefficient (Wildman–Crippen LogP) is 4.01. The number of hydrogen-bond acceptors (Lipinski definition) is 3. The summed E-state index contributed by atoms with van der Waals surface area (Å²) in [4.78, 5) is 21.9. The van der Waals surface area contributed by atoms with Gasteiger partial charge in [-0.15, -0.1) is 0 Å². The lowest BCUT2D eigenvalue weighted by molar-refractivity contribution is -0.153. The normalized spacial score (nSPS) is 21.9. The third-order valence-corrected chi connectivity index (χ3v) is 4.08. The number of fused-ring (bicyclic) bond motifs is 1. The Kier molecular flexibility index (Phi) is 4.67. The molecule has 2 aliphatic rings. The van der Waals surface area contributed by atoms with Crippen LogP contribution in [-0.2, 0) is 14.3 Å². The fourth-order valence-electron chi connectivity index (χ4n) is 2.84. The molecule has 0 spiro atoms. The molecule has 2 aromatic rings. The van der Waals surface area contributed by atoms with E-state index in [9.17, 15) is 9.59 Å². The van der Waals surface area contributed by atoms with Crippen molar-refractivity contribution < 1.29 is 14.3 Å². The second-order valence-electron chi connectivity index (χ2n) is 5.61. The van der Waals surface area contributed by atoms with Crippen LogP contribution >= 0.6 is 0 Å². The SMILES string of the molecule is O=C1OC(=O)C2CCC=CC12.c1ccc(-c2ccccc2)cc1. The molecule has 1 fully saturated rings. The number of ether oxygens (including phenoxy) is 1. The lowest BCUT2D eigenvalue weighted by Crippen LogP contribution is -2.17. The molecule has 0 amide bonds. The molecule has 116 valence electrons. The van der Waals surface area contributed by atoms with E-state index >= 15 is 0 Å². The Labute approximate surface area is 135 Å². The van der Waals surface area contributed by atoms with Crippen LogP contribution in [0.3, 0.4) is 0 Å². The molecule has 1 aliphatic carbocycles. The summed E-state index contributed by atoms with van der Waals surface area (Å²) in [5, 5.41) is 0. The summed E-state index contributed by atoms with van der Waals surface area (Å²) in [6.07, 6.45) is 5.34. The number of benzene rings is 2. The Morgan fingerprint density at radius 1 is 0.783 bits per heavy atom. The maximum atomic E-state index is 10.9. The minimum absolute atomic E-state index is 0.188. The fraction of sp³-hybridized carbons (Fsp3) is 0.200. The quantitative estimate of drug-likeness (QED) is 0.454. The van der Waals surface area contributed by atoms with Crippen LogP contribution in [0.15, 0.2) is 72.8 Å². The summed E-state index contributed by atoms with van der Waals surface area (Å²) in [5.74, 6) is -1.19. The van der Waals surface area contributed by atoms with Crippen LogP contribution in [0.1, 0.15) is 12.8 Å². The first-order chi connectivity index (χ1) is 11.3. The first-order valence-corrected chi connectivity index (χ1v) is 7.78. The van der Waals surface area contributed by atoms with Crippen molar-refractivity contribution in [1.82, 2.24) is 0 Å². The monoisotopic (exact) mass is 306 g/mol. The molecule has 4 rings (SSSR count). The maximum absolute atomic E-state index is 10.9. The Morgan fingerprint density at radius 2 is 1.35 bits per heavy atom. The molecule has 0 radical (unpaired) electrons. The van der Waals surface area contributed by atoms with E-state index in [1.165, 1.54) is 11.1 Å². The van der Waals surface area contributed by atoms with Gasteiger partial charge in [-0.1, -0.05) is 72.8 Å². The van der Waals surface area contributed by atoms with Crippen molar-refractivity contribution in [2.24, 2.45) is 11.8 Å². The summed E-state index contributed by atoms with van der Waals surface area (Å²) in [5.41, 5.74) is 2.55. The molecule has 0 bridgehead atoms. The number of hydrogen-bond donors (Lipinski definition) is 0. The zero-order valence-corrected chi connectivity index (χ0v) is 12.7. The molecular weight excluding hydrogens is 288 g/mol.